The van der Waals surface area contributed by atoms with Crippen LogP contribution in [0.2, 0.25) is 0 Å². The van der Waals surface area contributed by atoms with Crippen molar-refractivity contribution in [1.82, 2.24) is 10.9 Å². The van der Waals surface area contributed by atoms with Crippen molar-refractivity contribution in [3.63, 3.8) is 0 Å². The topological polar surface area (TPSA) is 67.4 Å². The maximum atomic E-state index is 13.2. The number of carbonyl (C=O) groups is 2. The first kappa shape index (κ1) is 26.3. The Morgan fingerprint density at radius 2 is 1.55 bits per heavy atom. The van der Waals surface area contributed by atoms with E-state index >= 15 is 0 Å². The predicted octanol–water partition coefficient (Wildman–Crippen LogP) is 5.53. The summed E-state index contributed by atoms with van der Waals surface area (Å²) in [4.78, 5) is 26.4. The minimum Gasteiger partial charge on any atom is -0.460 e. The highest BCUT2D eigenvalue weighted by Gasteiger charge is 2.36. The molecule has 2 N–H and O–H groups in total. The van der Waals surface area contributed by atoms with Gasteiger partial charge in [-0.1, -0.05) is 86.7 Å². The number of allylic oxidation sites excluding steroid dienone is 1. The number of amides is 1. The van der Waals surface area contributed by atoms with Crippen molar-refractivity contribution in [2.24, 2.45) is 17.8 Å². The summed E-state index contributed by atoms with van der Waals surface area (Å²) in [6, 6.07) is 19.8. The van der Waals surface area contributed by atoms with Gasteiger partial charge in [0.05, 0.1) is 11.8 Å². The third-order valence-electron chi connectivity index (χ3n) is 5.10. The SMILES string of the molecule is CC(C)C[C@@H](C(=O)NNCc1ccccc1)[C@H](C/C=C/c1ccccc1)C(=O)OC(C)(C)C. The van der Waals surface area contributed by atoms with Crippen LogP contribution in [-0.4, -0.2) is 17.5 Å². The standard InChI is InChI=1S/C28H38N2O3/c1-21(2)19-25(26(31)30-29-20-23-15-10-7-11-16-23)24(27(32)33-28(3,4)5)18-12-17-22-13-8-6-9-14-22/h6-17,21,24-25,29H,18-20H2,1-5H3,(H,30,31)/b17-12+/t24-,25+/m0/s1. The number of rotatable bonds is 11. The third-order valence-corrected chi connectivity index (χ3v) is 5.10. The van der Waals surface area contributed by atoms with Crippen molar-refractivity contribution in [2.75, 3.05) is 0 Å². The molecule has 178 valence electrons. The number of nitrogens with one attached hydrogen (secondary N) is 2. The summed E-state index contributed by atoms with van der Waals surface area (Å²) >= 11 is 0. The van der Waals surface area contributed by atoms with Gasteiger partial charge in [-0.2, -0.15) is 0 Å². The van der Waals surface area contributed by atoms with Crippen molar-refractivity contribution in [3.8, 4) is 0 Å². The van der Waals surface area contributed by atoms with Crippen LogP contribution in [-0.2, 0) is 20.9 Å². The van der Waals surface area contributed by atoms with Gasteiger partial charge in [0.15, 0.2) is 0 Å². The molecule has 2 rings (SSSR count). The normalized spacial score (nSPS) is 13.6. The lowest BCUT2D eigenvalue weighted by molar-refractivity contribution is -0.164. The second-order valence-corrected chi connectivity index (χ2v) is 9.75. The highest BCUT2D eigenvalue weighted by atomic mass is 16.6. The maximum absolute atomic E-state index is 13.2. The zero-order valence-corrected chi connectivity index (χ0v) is 20.5. The van der Waals surface area contributed by atoms with E-state index in [1.807, 2.05) is 93.6 Å². The van der Waals surface area contributed by atoms with Crippen LogP contribution in [0, 0.1) is 17.8 Å². The molecule has 0 aliphatic heterocycles. The molecule has 0 saturated carbocycles. The Labute approximate surface area is 198 Å². The first-order chi connectivity index (χ1) is 15.7. The van der Waals surface area contributed by atoms with Crippen molar-refractivity contribution in [2.45, 2.75) is 59.6 Å². The predicted molar refractivity (Wildman–Crippen MR) is 134 cm³/mol. The van der Waals surface area contributed by atoms with Crippen LogP contribution in [0.4, 0.5) is 0 Å². The van der Waals surface area contributed by atoms with E-state index in [1.54, 1.807) is 0 Å². The van der Waals surface area contributed by atoms with Gasteiger partial charge in [0.1, 0.15) is 5.60 Å². The van der Waals surface area contributed by atoms with Gasteiger partial charge in [-0.25, -0.2) is 5.43 Å². The molecule has 0 radical (unpaired) electrons. The van der Waals surface area contributed by atoms with Gasteiger partial charge in [-0.15, -0.1) is 0 Å². The van der Waals surface area contributed by atoms with E-state index < -0.39 is 17.4 Å². The number of hydrogen-bond donors (Lipinski definition) is 2. The lowest BCUT2D eigenvalue weighted by Crippen LogP contribution is -2.45. The van der Waals surface area contributed by atoms with Gasteiger partial charge < -0.3 is 4.74 Å². The number of hydrogen-bond acceptors (Lipinski definition) is 4. The van der Waals surface area contributed by atoms with E-state index in [2.05, 4.69) is 24.7 Å². The largest absolute Gasteiger partial charge is 0.460 e. The summed E-state index contributed by atoms with van der Waals surface area (Å²) in [5, 5.41) is 0. The lowest BCUT2D eigenvalue weighted by atomic mass is 9.82. The molecule has 0 heterocycles. The Morgan fingerprint density at radius 3 is 2.12 bits per heavy atom. The van der Waals surface area contributed by atoms with Crippen LogP contribution in [0.3, 0.4) is 0 Å². The molecule has 0 aliphatic carbocycles. The first-order valence-corrected chi connectivity index (χ1v) is 11.7. The average molecular weight is 451 g/mol. The molecule has 2 aromatic rings. The van der Waals surface area contributed by atoms with E-state index in [9.17, 15) is 9.59 Å². The average Bonchev–Trinajstić information content (AvgIpc) is 2.75. The smallest absolute Gasteiger partial charge is 0.310 e. The van der Waals surface area contributed by atoms with Crippen LogP contribution in [0.25, 0.3) is 6.08 Å². The number of benzene rings is 2. The number of esters is 1. The van der Waals surface area contributed by atoms with Crippen LogP contribution in [0.5, 0.6) is 0 Å². The molecule has 0 aliphatic rings. The molecule has 0 unspecified atom stereocenters. The second kappa shape index (κ2) is 12.9. The molecule has 5 heteroatoms. The summed E-state index contributed by atoms with van der Waals surface area (Å²) in [5.41, 5.74) is 7.32. The van der Waals surface area contributed by atoms with E-state index in [0.29, 0.717) is 19.4 Å². The summed E-state index contributed by atoms with van der Waals surface area (Å²) < 4.78 is 5.72. The number of ether oxygens (including phenoxy) is 1. The molecule has 0 spiro atoms. The highest BCUT2D eigenvalue weighted by Crippen LogP contribution is 2.28. The molecule has 0 bridgehead atoms. The molecule has 2 atom stereocenters. The van der Waals surface area contributed by atoms with E-state index in [0.717, 1.165) is 11.1 Å². The third kappa shape index (κ3) is 10.0. The zero-order chi connectivity index (χ0) is 24.3. The molecule has 2 aromatic carbocycles. The molecule has 0 saturated heterocycles. The Kier molecular flexibility index (Phi) is 10.3. The molecule has 1 amide bonds. The minimum atomic E-state index is -0.622. The maximum Gasteiger partial charge on any atom is 0.310 e. The van der Waals surface area contributed by atoms with Crippen LogP contribution < -0.4 is 10.9 Å². The van der Waals surface area contributed by atoms with Crippen molar-refractivity contribution < 1.29 is 14.3 Å². The lowest BCUT2D eigenvalue weighted by Gasteiger charge is -2.29. The highest BCUT2D eigenvalue weighted by molar-refractivity contribution is 5.85. The Hall–Kier alpha value is -2.92. The Balaban J connectivity index is 2.16. The first-order valence-electron chi connectivity index (χ1n) is 11.7. The molecule has 33 heavy (non-hydrogen) atoms. The van der Waals surface area contributed by atoms with Crippen LogP contribution in [0.15, 0.2) is 66.7 Å². The number of carbonyl (C=O) groups excluding carboxylic acids is 2. The fourth-order valence-electron chi connectivity index (χ4n) is 3.60. The van der Waals surface area contributed by atoms with Gasteiger partial charge in [-0.05, 0) is 50.7 Å². The quantitative estimate of drug-likeness (QED) is 0.349. The van der Waals surface area contributed by atoms with Gasteiger partial charge >= 0.3 is 5.97 Å². The summed E-state index contributed by atoms with van der Waals surface area (Å²) in [6.45, 7) is 10.2. The van der Waals surface area contributed by atoms with Crippen molar-refractivity contribution in [3.05, 3.63) is 77.9 Å². The van der Waals surface area contributed by atoms with Crippen LogP contribution >= 0.6 is 0 Å². The molecule has 0 fully saturated rings. The minimum absolute atomic E-state index is 0.191. The second-order valence-electron chi connectivity index (χ2n) is 9.75. The van der Waals surface area contributed by atoms with Gasteiger partial charge in [0.2, 0.25) is 5.91 Å². The molecular weight excluding hydrogens is 412 g/mol. The van der Waals surface area contributed by atoms with Gasteiger partial charge in [-0.3, -0.25) is 15.0 Å². The fraction of sp³-hybridized carbons (Fsp3) is 0.429. The molecule has 5 nitrogen and oxygen atoms in total. The zero-order valence-electron chi connectivity index (χ0n) is 20.5. The monoisotopic (exact) mass is 450 g/mol. The fourth-order valence-corrected chi connectivity index (χ4v) is 3.60. The van der Waals surface area contributed by atoms with Crippen molar-refractivity contribution in [1.29, 1.82) is 0 Å². The molecular formula is C28H38N2O3. The van der Waals surface area contributed by atoms with E-state index in [-0.39, 0.29) is 17.8 Å². The molecule has 0 aromatic heterocycles. The summed E-state index contributed by atoms with van der Waals surface area (Å²) in [5.74, 6) is -1.38. The van der Waals surface area contributed by atoms with Gasteiger partial charge in [0.25, 0.3) is 0 Å². The summed E-state index contributed by atoms with van der Waals surface area (Å²) in [7, 11) is 0. The summed E-state index contributed by atoms with van der Waals surface area (Å²) in [6.07, 6.45) is 4.95. The van der Waals surface area contributed by atoms with E-state index in [4.69, 9.17) is 4.74 Å². The van der Waals surface area contributed by atoms with E-state index in [1.165, 1.54) is 0 Å². The van der Waals surface area contributed by atoms with Gasteiger partial charge in [0, 0.05) is 6.54 Å². The Morgan fingerprint density at radius 1 is 0.939 bits per heavy atom. The van der Waals surface area contributed by atoms with Crippen LogP contribution in [0.1, 0.15) is 58.6 Å². The Bertz CT molecular complexity index is 886. The van der Waals surface area contributed by atoms with Crippen molar-refractivity contribution >= 4 is 18.0 Å². The number of hydrazine groups is 1.